The molecule has 0 unspecified atom stereocenters. The Morgan fingerprint density at radius 2 is 2.00 bits per heavy atom. The average Bonchev–Trinajstić information content (AvgIpc) is 2.34. The van der Waals surface area contributed by atoms with Crippen LogP contribution in [0.4, 0.5) is 10.5 Å². The van der Waals surface area contributed by atoms with E-state index in [4.69, 9.17) is 15.2 Å². The Morgan fingerprint density at radius 3 is 2.57 bits per heavy atom. The van der Waals surface area contributed by atoms with Gasteiger partial charge in [0.1, 0.15) is 18.2 Å². The van der Waals surface area contributed by atoms with E-state index in [9.17, 15) is 9.59 Å². The van der Waals surface area contributed by atoms with Gasteiger partial charge in [0.2, 0.25) is 0 Å². The zero-order valence-electron chi connectivity index (χ0n) is 12.8. The van der Waals surface area contributed by atoms with E-state index < -0.39 is 23.7 Å². The Bertz CT molecular complexity index is 509. The summed E-state index contributed by atoms with van der Waals surface area (Å²) < 4.78 is 10.2. The van der Waals surface area contributed by atoms with Gasteiger partial charge in [-0.1, -0.05) is 12.1 Å². The summed E-state index contributed by atoms with van der Waals surface area (Å²) in [6, 6.07) is 6.24. The third-order valence-corrected chi connectivity index (χ3v) is 2.42. The lowest BCUT2D eigenvalue weighted by molar-refractivity contribution is -0.156. The van der Waals surface area contributed by atoms with E-state index in [-0.39, 0.29) is 6.61 Å². The van der Waals surface area contributed by atoms with Crippen molar-refractivity contribution in [2.24, 2.45) is 0 Å². The van der Waals surface area contributed by atoms with Crippen LogP contribution in [0.2, 0.25) is 0 Å². The molecule has 0 heterocycles. The second kappa shape index (κ2) is 6.97. The summed E-state index contributed by atoms with van der Waals surface area (Å²) in [5.41, 5.74) is 6.40. The molecule has 0 aliphatic rings. The molecule has 6 heteroatoms. The number of carbonyl (C=O) groups excluding carboxylic acids is 2. The quantitative estimate of drug-likeness (QED) is 0.656. The van der Waals surface area contributed by atoms with E-state index in [0.29, 0.717) is 5.69 Å². The molecule has 0 bridgehead atoms. The molecule has 0 saturated carbocycles. The summed E-state index contributed by atoms with van der Waals surface area (Å²) in [6.07, 6.45) is -0.684. The van der Waals surface area contributed by atoms with Crippen molar-refractivity contribution in [3.8, 4) is 0 Å². The molecule has 0 aliphatic heterocycles. The van der Waals surface area contributed by atoms with Crippen LogP contribution in [0.5, 0.6) is 0 Å². The molecule has 0 aliphatic carbocycles. The van der Waals surface area contributed by atoms with Crippen molar-refractivity contribution < 1.29 is 19.1 Å². The third-order valence-electron chi connectivity index (χ3n) is 2.42. The van der Waals surface area contributed by atoms with Crippen LogP contribution in [0.3, 0.4) is 0 Å². The second-order valence-corrected chi connectivity index (χ2v) is 5.72. The summed E-state index contributed by atoms with van der Waals surface area (Å²) in [6.45, 7) is 6.90. The first-order chi connectivity index (χ1) is 9.67. The molecule has 0 spiro atoms. The largest absolute Gasteiger partial charge is 0.458 e. The van der Waals surface area contributed by atoms with E-state index in [1.54, 1.807) is 45.0 Å². The summed E-state index contributed by atoms with van der Waals surface area (Å²) in [5.74, 6) is -0.511. The molecule has 3 N–H and O–H groups in total. The first-order valence-electron chi connectivity index (χ1n) is 6.68. The van der Waals surface area contributed by atoms with Crippen molar-refractivity contribution in [1.29, 1.82) is 0 Å². The molecule has 1 aromatic rings. The second-order valence-electron chi connectivity index (χ2n) is 5.72. The number of nitrogen functional groups attached to an aromatic ring is 1. The smallest absolute Gasteiger partial charge is 0.408 e. The Morgan fingerprint density at radius 1 is 1.33 bits per heavy atom. The number of benzene rings is 1. The predicted molar refractivity (Wildman–Crippen MR) is 79.5 cm³/mol. The van der Waals surface area contributed by atoms with Crippen LogP contribution in [0.1, 0.15) is 33.3 Å². The van der Waals surface area contributed by atoms with Crippen molar-refractivity contribution in [2.75, 3.05) is 5.73 Å². The molecule has 6 nitrogen and oxygen atoms in total. The Balaban J connectivity index is 2.41. The normalized spacial score (nSPS) is 12.4. The minimum absolute atomic E-state index is 0.0813. The minimum Gasteiger partial charge on any atom is -0.458 e. The van der Waals surface area contributed by atoms with Gasteiger partial charge >= 0.3 is 12.1 Å². The Kier molecular flexibility index (Phi) is 5.58. The number of amides is 1. The Hall–Kier alpha value is -2.24. The number of anilines is 1. The number of alkyl carbamates (subject to hydrolysis) is 1. The summed E-state index contributed by atoms with van der Waals surface area (Å²) >= 11 is 0. The summed E-state index contributed by atoms with van der Waals surface area (Å²) in [4.78, 5) is 23.3. The van der Waals surface area contributed by atoms with Crippen molar-refractivity contribution in [3.63, 3.8) is 0 Å². The van der Waals surface area contributed by atoms with E-state index in [2.05, 4.69) is 5.32 Å². The average molecular weight is 294 g/mol. The number of hydrogen-bond acceptors (Lipinski definition) is 5. The van der Waals surface area contributed by atoms with Gasteiger partial charge in [0.25, 0.3) is 0 Å². The maximum Gasteiger partial charge on any atom is 0.408 e. The van der Waals surface area contributed by atoms with Crippen LogP contribution in [0.15, 0.2) is 24.3 Å². The molecule has 0 radical (unpaired) electrons. The molecule has 1 atom stereocenters. The maximum absolute atomic E-state index is 11.7. The van der Waals surface area contributed by atoms with Crippen LogP contribution < -0.4 is 11.1 Å². The van der Waals surface area contributed by atoms with Gasteiger partial charge in [-0.05, 0) is 45.4 Å². The highest BCUT2D eigenvalue weighted by atomic mass is 16.6. The van der Waals surface area contributed by atoms with Gasteiger partial charge in [-0.3, -0.25) is 0 Å². The van der Waals surface area contributed by atoms with E-state index in [1.807, 2.05) is 0 Å². The standard InChI is InChI=1S/C15H22N2O4/c1-10(13(18)21-15(2,3)4)17-14(19)20-9-11-6-5-7-12(16)8-11/h5-8,10H,9,16H2,1-4H3,(H,17,19)/t10-/m0/s1. The summed E-state index contributed by atoms with van der Waals surface area (Å²) in [7, 11) is 0. The van der Waals surface area contributed by atoms with Crippen molar-refractivity contribution >= 4 is 17.7 Å². The first kappa shape index (κ1) is 16.8. The van der Waals surface area contributed by atoms with Gasteiger partial charge in [-0.15, -0.1) is 0 Å². The van der Waals surface area contributed by atoms with Gasteiger partial charge in [0, 0.05) is 5.69 Å². The topological polar surface area (TPSA) is 90.6 Å². The van der Waals surface area contributed by atoms with Crippen LogP contribution in [-0.2, 0) is 20.9 Å². The fraction of sp³-hybridized carbons (Fsp3) is 0.467. The van der Waals surface area contributed by atoms with Crippen LogP contribution in [-0.4, -0.2) is 23.7 Å². The first-order valence-corrected chi connectivity index (χ1v) is 6.68. The fourth-order valence-electron chi connectivity index (χ4n) is 1.50. The molecular weight excluding hydrogens is 272 g/mol. The monoisotopic (exact) mass is 294 g/mol. The molecule has 0 fully saturated rings. The van der Waals surface area contributed by atoms with Gasteiger partial charge in [-0.25, -0.2) is 9.59 Å². The fourth-order valence-corrected chi connectivity index (χ4v) is 1.50. The molecule has 116 valence electrons. The van der Waals surface area contributed by atoms with E-state index >= 15 is 0 Å². The number of rotatable bonds is 4. The Labute approximate surface area is 124 Å². The van der Waals surface area contributed by atoms with E-state index in [1.165, 1.54) is 6.92 Å². The van der Waals surface area contributed by atoms with Crippen LogP contribution in [0, 0.1) is 0 Å². The van der Waals surface area contributed by atoms with Gasteiger partial charge in [-0.2, -0.15) is 0 Å². The highest BCUT2D eigenvalue weighted by Gasteiger charge is 2.23. The predicted octanol–water partition coefficient (Wildman–Crippen LogP) is 2.23. The highest BCUT2D eigenvalue weighted by molar-refractivity contribution is 5.81. The van der Waals surface area contributed by atoms with Gasteiger partial charge in [0.05, 0.1) is 0 Å². The van der Waals surface area contributed by atoms with Crippen molar-refractivity contribution in [2.45, 2.75) is 45.9 Å². The van der Waals surface area contributed by atoms with Crippen LogP contribution >= 0.6 is 0 Å². The minimum atomic E-state index is -0.780. The van der Waals surface area contributed by atoms with Crippen LogP contribution in [0.25, 0.3) is 0 Å². The lowest BCUT2D eigenvalue weighted by Gasteiger charge is -2.22. The molecule has 1 rings (SSSR count). The number of hydrogen-bond donors (Lipinski definition) is 2. The van der Waals surface area contributed by atoms with Crippen molar-refractivity contribution in [1.82, 2.24) is 5.32 Å². The number of esters is 1. The number of carbonyl (C=O) groups is 2. The zero-order chi connectivity index (χ0) is 16.0. The molecule has 21 heavy (non-hydrogen) atoms. The highest BCUT2D eigenvalue weighted by Crippen LogP contribution is 2.09. The molecule has 0 aromatic heterocycles. The van der Waals surface area contributed by atoms with Crippen molar-refractivity contribution in [3.05, 3.63) is 29.8 Å². The van der Waals surface area contributed by atoms with E-state index in [0.717, 1.165) is 5.56 Å². The van der Waals surface area contributed by atoms with Gasteiger partial charge < -0.3 is 20.5 Å². The number of ether oxygens (including phenoxy) is 2. The zero-order valence-corrected chi connectivity index (χ0v) is 12.8. The lowest BCUT2D eigenvalue weighted by atomic mass is 10.2. The number of nitrogens with two attached hydrogens (primary N) is 1. The summed E-state index contributed by atoms with van der Waals surface area (Å²) in [5, 5.41) is 2.42. The SMILES string of the molecule is C[C@H](NC(=O)OCc1cccc(N)c1)C(=O)OC(C)(C)C. The lowest BCUT2D eigenvalue weighted by Crippen LogP contribution is -2.42. The molecule has 1 aromatic carbocycles. The maximum atomic E-state index is 11.7. The molecule has 0 saturated heterocycles. The number of nitrogens with one attached hydrogen (secondary N) is 1. The third kappa shape index (κ3) is 6.65. The van der Waals surface area contributed by atoms with Gasteiger partial charge in [0.15, 0.2) is 0 Å². The molecular formula is C15H22N2O4. The molecule has 1 amide bonds.